The van der Waals surface area contributed by atoms with Crippen molar-refractivity contribution >= 4 is 15.7 Å². The van der Waals surface area contributed by atoms with Crippen LogP contribution >= 0.6 is 0 Å². The minimum absolute atomic E-state index is 0.251. The first kappa shape index (κ1) is 21.4. The Morgan fingerprint density at radius 3 is 2.23 bits per heavy atom. The molecule has 2 aromatic carbocycles. The fourth-order valence-corrected chi connectivity index (χ4v) is 6.04. The van der Waals surface area contributed by atoms with Crippen LogP contribution < -0.4 is 23.8 Å². The summed E-state index contributed by atoms with van der Waals surface area (Å²) in [6.45, 7) is 0.619. The zero-order valence-electron chi connectivity index (χ0n) is 17.7. The van der Waals surface area contributed by atoms with Crippen molar-refractivity contribution in [3.63, 3.8) is 0 Å². The van der Waals surface area contributed by atoms with Crippen LogP contribution in [0.1, 0.15) is 12.8 Å². The van der Waals surface area contributed by atoms with E-state index in [4.69, 9.17) is 19.9 Å². The fraction of sp³-hybridized carbons (Fsp3) is 0.304. The number of benzene rings is 2. The number of ether oxygens (including phenoxy) is 3. The average molecular weight is 444 g/mol. The lowest BCUT2D eigenvalue weighted by Gasteiger charge is -2.34. The van der Waals surface area contributed by atoms with Gasteiger partial charge in [-0.15, -0.1) is 0 Å². The number of hydrogen-bond donors (Lipinski definition) is 1. The Balaban J connectivity index is 1.71. The summed E-state index contributed by atoms with van der Waals surface area (Å²) in [6, 6.07) is 12.5. The number of hydrogen-bond acceptors (Lipinski definition) is 6. The fourth-order valence-electron chi connectivity index (χ4n) is 3.78. The number of para-hydroxylation sites is 1. The predicted octanol–water partition coefficient (Wildman–Crippen LogP) is 3.71. The van der Waals surface area contributed by atoms with E-state index in [1.807, 2.05) is 18.2 Å². The standard InChI is InChI=1S/C23H27N2O5S/c1-28-21-6-3-7-22(29-2)23(21)30-19-10-8-18(9-11-19)25(31(26,27)20-12-13-20)14-4-5-17(15-24)16-25/h3-11,16,20H,12-15,24H2,1-2H3/q+1. The van der Waals surface area contributed by atoms with E-state index in [0.29, 0.717) is 48.1 Å². The number of nitrogens with two attached hydrogens (primary N) is 1. The van der Waals surface area contributed by atoms with Gasteiger partial charge in [-0.1, -0.05) is 12.1 Å². The number of sulfonamides is 1. The van der Waals surface area contributed by atoms with E-state index in [0.717, 1.165) is 5.57 Å². The van der Waals surface area contributed by atoms with Crippen LogP contribution in [0.2, 0.25) is 0 Å². The second kappa shape index (κ2) is 8.37. The number of rotatable bonds is 8. The highest BCUT2D eigenvalue weighted by Crippen LogP contribution is 2.43. The third kappa shape index (κ3) is 3.82. The van der Waals surface area contributed by atoms with Gasteiger partial charge in [0.15, 0.2) is 17.2 Å². The van der Waals surface area contributed by atoms with Crippen LogP contribution in [0.4, 0.5) is 5.69 Å². The molecule has 1 heterocycles. The van der Waals surface area contributed by atoms with Gasteiger partial charge in [0.1, 0.15) is 23.7 Å². The number of nitrogens with zero attached hydrogens (tertiary/aromatic N) is 1. The average Bonchev–Trinajstić information content (AvgIpc) is 3.65. The van der Waals surface area contributed by atoms with Crippen molar-refractivity contribution in [1.29, 1.82) is 0 Å². The number of quaternary nitrogens is 1. The van der Waals surface area contributed by atoms with Gasteiger partial charge in [-0.05, 0) is 43.2 Å². The summed E-state index contributed by atoms with van der Waals surface area (Å²) in [5.74, 6) is 2.09. The van der Waals surface area contributed by atoms with Crippen molar-refractivity contribution in [2.75, 3.05) is 27.3 Å². The highest BCUT2D eigenvalue weighted by molar-refractivity contribution is 7.92. The summed E-state index contributed by atoms with van der Waals surface area (Å²) >= 11 is 0. The maximum absolute atomic E-state index is 13.5. The van der Waals surface area contributed by atoms with Crippen LogP contribution in [0.25, 0.3) is 0 Å². The largest absolute Gasteiger partial charge is 0.493 e. The molecule has 0 saturated heterocycles. The minimum atomic E-state index is -3.47. The van der Waals surface area contributed by atoms with Crippen molar-refractivity contribution in [3.05, 3.63) is 66.4 Å². The van der Waals surface area contributed by atoms with Crippen LogP contribution in [0.3, 0.4) is 0 Å². The molecule has 4 rings (SSSR count). The molecule has 1 aliphatic heterocycles. The summed E-state index contributed by atoms with van der Waals surface area (Å²) in [4.78, 5) is 0. The van der Waals surface area contributed by atoms with E-state index in [1.165, 1.54) is 0 Å². The second-order valence-electron chi connectivity index (χ2n) is 7.59. The molecule has 0 spiro atoms. The third-order valence-corrected chi connectivity index (χ3v) is 8.28. The van der Waals surface area contributed by atoms with Gasteiger partial charge < -0.3 is 19.9 Å². The normalized spacial score (nSPS) is 20.8. The van der Waals surface area contributed by atoms with Gasteiger partial charge in [-0.3, -0.25) is 0 Å². The molecular weight excluding hydrogens is 416 g/mol. The summed E-state index contributed by atoms with van der Waals surface area (Å²) < 4.78 is 43.5. The first-order valence-electron chi connectivity index (χ1n) is 10.1. The molecular formula is C23H27N2O5S+. The predicted molar refractivity (Wildman–Crippen MR) is 121 cm³/mol. The molecule has 0 aromatic heterocycles. The van der Waals surface area contributed by atoms with E-state index >= 15 is 0 Å². The minimum Gasteiger partial charge on any atom is -0.493 e. The Kier molecular flexibility index (Phi) is 5.79. The Morgan fingerprint density at radius 2 is 1.68 bits per heavy atom. The molecule has 1 aliphatic carbocycles. The maximum atomic E-state index is 13.5. The topological polar surface area (TPSA) is 87.9 Å². The van der Waals surface area contributed by atoms with Crippen LogP contribution in [0, 0.1) is 0 Å². The van der Waals surface area contributed by atoms with Crippen molar-refractivity contribution in [1.82, 2.24) is 3.89 Å². The van der Waals surface area contributed by atoms with Gasteiger partial charge in [0.25, 0.3) is 0 Å². The Labute approximate surface area is 183 Å². The first-order valence-corrected chi connectivity index (χ1v) is 11.6. The molecule has 164 valence electrons. The van der Waals surface area contributed by atoms with E-state index in [9.17, 15) is 8.42 Å². The summed E-state index contributed by atoms with van der Waals surface area (Å²) in [7, 11) is -0.342. The van der Waals surface area contributed by atoms with Gasteiger partial charge in [0, 0.05) is 24.3 Å². The molecule has 0 bridgehead atoms. The van der Waals surface area contributed by atoms with Crippen LogP contribution in [0.15, 0.2) is 66.4 Å². The first-order chi connectivity index (χ1) is 14.9. The van der Waals surface area contributed by atoms with Crippen molar-refractivity contribution in [3.8, 4) is 23.0 Å². The molecule has 31 heavy (non-hydrogen) atoms. The molecule has 1 fully saturated rings. The summed E-state index contributed by atoms with van der Waals surface area (Å²) in [5, 5.41) is -0.317. The summed E-state index contributed by atoms with van der Waals surface area (Å²) in [6.07, 6.45) is 6.95. The van der Waals surface area contributed by atoms with E-state index in [1.54, 1.807) is 56.8 Å². The number of methoxy groups -OCH3 is 2. The molecule has 2 aliphatic rings. The van der Waals surface area contributed by atoms with Gasteiger partial charge in [-0.2, -0.15) is 12.3 Å². The lowest BCUT2D eigenvalue weighted by Crippen LogP contribution is -2.52. The zero-order chi connectivity index (χ0) is 22.1. The van der Waals surface area contributed by atoms with Crippen molar-refractivity contribution < 1.29 is 22.6 Å². The highest BCUT2D eigenvalue weighted by Gasteiger charge is 2.52. The second-order valence-corrected chi connectivity index (χ2v) is 9.94. The van der Waals surface area contributed by atoms with Crippen molar-refractivity contribution in [2.45, 2.75) is 18.1 Å². The van der Waals surface area contributed by atoms with Crippen LogP contribution in [-0.4, -0.2) is 41.0 Å². The molecule has 0 radical (unpaired) electrons. The lowest BCUT2D eigenvalue weighted by atomic mass is 10.2. The van der Waals surface area contributed by atoms with Crippen molar-refractivity contribution in [2.24, 2.45) is 5.73 Å². The highest BCUT2D eigenvalue weighted by atomic mass is 32.2. The van der Waals surface area contributed by atoms with E-state index in [2.05, 4.69) is 0 Å². The van der Waals surface area contributed by atoms with Gasteiger partial charge in [0.2, 0.25) is 5.75 Å². The molecule has 2 N–H and O–H groups in total. The third-order valence-electron chi connectivity index (χ3n) is 5.59. The van der Waals surface area contributed by atoms with E-state index in [-0.39, 0.29) is 15.7 Å². The van der Waals surface area contributed by atoms with Gasteiger partial charge in [0.05, 0.1) is 14.2 Å². The van der Waals surface area contributed by atoms with E-state index < -0.39 is 10.0 Å². The molecule has 1 unspecified atom stereocenters. The molecule has 0 amide bonds. The van der Waals surface area contributed by atoms with Gasteiger partial charge >= 0.3 is 10.0 Å². The Bertz CT molecular complexity index is 1100. The SMILES string of the molecule is COc1cccc(OC)c1Oc1ccc([N+]2(S(=O)(=O)C3CC3)C=C(CN)C=CC2)cc1. The molecule has 7 nitrogen and oxygen atoms in total. The Hall–Kier alpha value is -2.81. The molecule has 8 heteroatoms. The quantitative estimate of drug-likeness (QED) is 0.626. The molecule has 2 aromatic rings. The van der Waals surface area contributed by atoms with Crippen LogP contribution in [-0.2, 0) is 10.0 Å². The molecule has 1 atom stereocenters. The molecule has 1 saturated carbocycles. The Morgan fingerprint density at radius 1 is 1.03 bits per heavy atom. The van der Waals surface area contributed by atoms with Gasteiger partial charge in [-0.25, -0.2) is 0 Å². The summed E-state index contributed by atoms with van der Waals surface area (Å²) in [5.41, 5.74) is 7.29. The zero-order valence-corrected chi connectivity index (χ0v) is 18.5. The lowest BCUT2D eigenvalue weighted by molar-refractivity contribution is 0.346. The maximum Gasteiger partial charge on any atom is 0.309 e. The monoisotopic (exact) mass is 443 g/mol. The smallest absolute Gasteiger partial charge is 0.309 e. The van der Waals surface area contributed by atoms with Crippen LogP contribution in [0.5, 0.6) is 23.0 Å².